The fourth-order valence-corrected chi connectivity index (χ4v) is 4.81. The van der Waals surface area contributed by atoms with E-state index in [1.807, 2.05) is 0 Å². The maximum Gasteiger partial charge on any atom is 0.229 e. The summed E-state index contributed by atoms with van der Waals surface area (Å²) >= 11 is 1.45. The molecule has 4 rings (SSSR count). The van der Waals surface area contributed by atoms with Gasteiger partial charge in [0.2, 0.25) is 11.7 Å². The molecule has 1 aromatic heterocycles. The van der Waals surface area contributed by atoms with Gasteiger partial charge in [0.05, 0.1) is 37.5 Å². The van der Waals surface area contributed by atoms with Crippen molar-refractivity contribution in [2.24, 2.45) is 5.92 Å². The first-order valence-electron chi connectivity index (χ1n) is 9.94. The van der Waals surface area contributed by atoms with Crippen LogP contribution in [0, 0.1) is 11.7 Å². The lowest BCUT2D eigenvalue weighted by molar-refractivity contribution is -0.120. The van der Waals surface area contributed by atoms with E-state index in [-0.39, 0.29) is 17.6 Å². The molecule has 0 spiro atoms. The number of hydrogen-bond acceptors (Lipinski definition) is 7. The van der Waals surface area contributed by atoms with Crippen molar-refractivity contribution in [1.29, 1.82) is 0 Å². The normalized spacial score (nSPS) is 16.3. The first-order valence-corrected chi connectivity index (χ1v) is 10.8. The number of aromatic nitrogens is 1. The predicted molar refractivity (Wildman–Crippen MR) is 119 cm³/mol. The lowest BCUT2D eigenvalue weighted by atomic mass is 9.97. The van der Waals surface area contributed by atoms with E-state index < -0.39 is 0 Å². The van der Waals surface area contributed by atoms with Crippen LogP contribution in [-0.4, -0.2) is 45.3 Å². The van der Waals surface area contributed by atoms with Crippen LogP contribution >= 0.6 is 11.3 Å². The summed E-state index contributed by atoms with van der Waals surface area (Å²) in [7, 11) is 4.60. The highest BCUT2D eigenvalue weighted by Gasteiger charge is 2.28. The fraction of sp³-hybridized carbons (Fsp3) is 0.364. The summed E-state index contributed by atoms with van der Waals surface area (Å²) in [5, 5.41) is 3.78. The lowest BCUT2D eigenvalue weighted by Gasteiger charge is -2.31. The molecule has 0 saturated carbocycles. The zero-order valence-corrected chi connectivity index (χ0v) is 18.4. The second-order valence-electron chi connectivity index (χ2n) is 7.30. The molecule has 2 aromatic carbocycles. The summed E-state index contributed by atoms with van der Waals surface area (Å²) in [5.41, 5.74) is 1.34. The van der Waals surface area contributed by atoms with Crippen molar-refractivity contribution < 1.29 is 23.4 Å². The van der Waals surface area contributed by atoms with E-state index in [4.69, 9.17) is 14.2 Å². The number of benzene rings is 2. The third-order valence-corrected chi connectivity index (χ3v) is 6.41. The van der Waals surface area contributed by atoms with Crippen LogP contribution in [-0.2, 0) is 4.79 Å². The van der Waals surface area contributed by atoms with Crippen molar-refractivity contribution in [2.75, 3.05) is 44.6 Å². The number of carbonyl (C=O) groups excluding carboxylic acids is 1. The van der Waals surface area contributed by atoms with Crippen molar-refractivity contribution in [3.8, 4) is 17.2 Å². The molecule has 2 heterocycles. The third kappa shape index (κ3) is 4.36. The van der Waals surface area contributed by atoms with Gasteiger partial charge in [-0.1, -0.05) is 11.3 Å². The number of methoxy groups -OCH3 is 3. The Morgan fingerprint density at radius 3 is 2.58 bits per heavy atom. The number of nitrogens with one attached hydrogen (secondary N) is 1. The van der Waals surface area contributed by atoms with E-state index in [0.717, 1.165) is 34.7 Å². The summed E-state index contributed by atoms with van der Waals surface area (Å²) in [5.74, 6) is 0.874. The smallest absolute Gasteiger partial charge is 0.229 e. The molecule has 1 aliphatic rings. The minimum Gasteiger partial charge on any atom is -0.493 e. The average molecular weight is 446 g/mol. The molecule has 3 aromatic rings. The van der Waals surface area contributed by atoms with Gasteiger partial charge in [-0.3, -0.25) is 4.79 Å². The van der Waals surface area contributed by atoms with Gasteiger partial charge in [-0.15, -0.1) is 0 Å². The number of anilines is 2. The quantitative estimate of drug-likeness (QED) is 0.609. The molecule has 1 unspecified atom stereocenters. The standard InChI is InChI=1S/C22H24FN3O4S/c1-28-17-10-15(11-18(29-2)20(17)30-3)24-21(27)13-5-4-8-26(12-13)22-25-16-7-6-14(23)9-19(16)31-22/h6-7,9-11,13H,4-5,8,12H2,1-3H3,(H,24,27). The van der Waals surface area contributed by atoms with Crippen LogP contribution in [0.3, 0.4) is 0 Å². The molecular weight excluding hydrogens is 421 g/mol. The minimum atomic E-state index is -0.274. The van der Waals surface area contributed by atoms with Crippen LogP contribution in [0.25, 0.3) is 10.2 Å². The number of rotatable bonds is 6. The third-order valence-electron chi connectivity index (χ3n) is 5.33. The SMILES string of the molecule is COc1cc(NC(=O)C2CCCN(c3nc4ccc(F)cc4s3)C2)cc(OC)c1OC. The van der Waals surface area contributed by atoms with E-state index >= 15 is 0 Å². The Bertz CT molecular complexity index is 1080. The molecule has 0 bridgehead atoms. The van der Waals surface area contributed by atoms with Gasteiger partial charge in [0, 0.05) is 30.9 Å². The molecule has 164 valence electrons. The number of fused-ring (bicyclic) bond motifs is 1. The summed E-state index contributed by atoms with van der Waals surface area (Å²) in [6.07, 6.45) is 1.66. The zero-order valence-electron chi connectivity index (χ0n) is 17.6. The van der Waals surface area contributed by atoms with E-state index in [2.05, 4.69) is 15.2 Å². The number of nitrogens with zero attached hydrogens (tertiary/aromatic N) is 2. The molecule has 0 radical (unpaired) electrons. The van der Waals surface area contributed by atoms with Crippen molar-refractivity contribution in [3.63, 3.8) is 0 Å². The Morgan fingerprint density at radius 1 is 1.16 bits per heavy atom. The number of amides is 1. The Labute approximate surface area is 183 Å². The fourth-order valence-electron chi connectivity index (χ4n) is 3.78. The number of thiazole rings is 1. The van der Waals surface area contributed by atoms with Crippen LogP contribution in [0.5, 0.6) is 17.2 Å². The molecular formula is C22H24FN3O4S. The van der Waals surface area contributed by atoms with Crippen LogP contribution in [0.4, 0.5) is 15.2 Å². The molecule has 1 fully saturated rings. The number of ether oxygens (including phenoxy) is 3. The number of carbonyl (C=O) groups is 1. The molecule has 1 N–H and O–H groups in total. The van der Waals surface area contributed by atoms with Crippen molar-refractivity contribution in [2.45, 2.75) is 12.8 Å². The van der Waals surface area contributed by atoms with Crippen LogP contribution in [0.15, 0.2) is 30.3 Å². The van der Waals surface area contributed by atoms with Crippen molar-refractivity contribution in [3.05, 3.63) is 36.1 Å². The summed E-state index contributed by atoms with van der Waals surface area (Å²) in [4.78, 5) is 19.7. The highest BCUT2D eigenvalue weighted by atomic mass is 32.1. The van der Waals surface area contributed by atoms with E-state index in [1.54, 1.807) is 18.2 Å². The van der Waals surface area contributed by atoms with E-state index in [1.165, 1.54) is 44.8 Å². The zero-order chi connectivity index (χ0) is 22.0. The van der Waals surface area contributed by atoms with Crippen LogP contribution in [0.1, 0.15) is 12.8 Å². The summed E-state index contributed by atoms with van der Waals surface area (Å²) in [6, 6.07) is 8.01. The lowest BCUT2D eigenvalue weighted by Crippen LogP contribution is -2.40. The van der Waals surface area contributed by atoms with Gasteiger partial charge in [0.25, 0.3) is 0 Å². The Balaban J connectivity index is 1.50. The van der Waals surface area contributed by atoms with Crippen LogP contribution < -0.4 is 24.4 Å². The van der Waals surface area contributed by atoms with Gasteiger partial charge in [-0.2, -0.15) is 0 Å². The average Bonchev–Trinajstić information content (AvgIpc) is 3.21. The molecule has 1 saturated heterocycles. The second-order valence-corrected chi connectivity index (χ2v) is 8.31. The number of hydrogen-bond donors (Lipinski definition) is 1. The molecule has 1 atom stereocenters. The molecule has 31 heavy (non-hydrogen) atoms. The van der Waals surface area contributed by atoms with Gasteiger partial charge in [0.1, 0.15) is 5.82 Å². The highest BCUT2D eigenvalue weighted by molar-refractivity contribution is 7.22. The van der Waals surface area contributed by atoms with Gasteiger partial charge in [-0.05, 0) is 31.0 Å². The Hall–Kier alpha value is -3.07. The topological polar surface area (TPSA) is 72.9 Å². The molecule has 1 aliphatic heterocycles. The molecule has 7 nitrogen and oxygen atoms in total. The van der Waals surface area contributed by atoms with Gasteiger partial charge in [0.15, 0.2) is 16.6 Å². The van der Waals surface area contributed by atoms with Gasteiger partial charge in [-0.25, -0.2) is 9.37 Å². The highest BCUT2D eigenvalue weighted by Crippen LogP contribution is 2.40. The van der Waals surface area contributed by atoms with Crippen LogP contribution in [0.2, 0.25) is 0 Å². The summed E-state index contributed by atoms with van der Waals surface area (Å²) in [6.45, 7) is 1.37. The Kier molecular flexibility index (Phi) is 6.13. The molecule has 0 aliphatic carbocycles. The molecule has 1 amide bonds. The first-order chi connectivity index (χ1) is 15.0. The van der Waals surface area contributed by atoms with Crippen molar-refractivity contribution in [1.82, 2.24) is 4.98 Å². The van der Waals surface area contributed by atoms with Crippen molar-refractivity contribution >= 4 is 38.3 Å². The predicted octanol–water partition coefficient (Wildman–Crippen LogP) is 4.32. The largest absolute Gasteiger partial charge is 0.493 e. The maximum atomic E-state index is 13.5. The van der Waals surface area contributed by atoms with Gasteiger partial charge >= 0.3 is 0 Å². The van der Waals surface area contributed by atoms with E-state index in [0.29, 0.717) is 29.5 Å². The number of halogens is 1. The number of piperidine rings is 1. The maximum absolute atomic E-state index is 13.5. The summed E-state index contributed by atoms with van der Waals surface area (Å²) < 4.78 is 30.4. The Morgan fingerprint density at radius 2 is 1.90 bits per heavy atom. The van der Waals surface area contributed by atoms with E-state index in [9.17, 15) is 9.18 Å². The monoisotopic (exact) mass is 445 g/mol. The molecule has 9 heteroatoms. The minimum absolute atomic E-state index is 0.0777. The second kappa shape index (κ2) is 8.97. The first kappa shape index (κ1) is 21.2. The van der Waals surface area contributed by atoms with Gasteiger partial charge < -0.3 is 24.4 Å².